The standard InChI is InChI=1S/C45H62N2O10/c1-8-20-47(43(51)54-29-44(3,4)5)40-27-37(46-53-7)35-25-30(14-10-12-21-48)34(15-11-13-22-49)41-36-26-33(56-32-16-18-38(52-6)31(24-32)28-50)17-19-39(36)57-45(40,42(35)41)55-23-9-2/h9,16-19,24-26,28,30,34,40-42,48-49H,2,8,10-15,20-23,27,29H2,1,3-7H3. The van der Waals surface area contributed by atoms with E-state index in [1.165, 1.54) is 14.2 Å². The maximum atomic E-state index is 14.3. The first-order valence-corrected chi connectivity index (χ1v) is 20.3. The summed E-state index contributed by atoms with van der Waals surface area (Å²) in [6.45, 7) is 13.1. The van der Waals surface area contributed by atoms with E-state index in [4.69, 9.17) is 28.5 Å². The molecule has 12 nitrogen and oxygen atoms in total. The van der Waals surface area contributed by atoms with E-state index < -0.39 is 23.8 Å². The number of ether oxygens (including phenoxy) is 5. The van der Waals surface area contributed by atoms with Crippen LogP contribution in [0.4, 0.5) is 4.79 Å². The van der Waals surface area contributed by atoms with Crippen LogP contribution < -0.4 is 14.2 Å². The third-order valence-electron chi connectivity index (χ3n) is 11.1. The Morgan fingerprint density at radius 2 is 1.77 bits per heavy atom. The van der Waals surface area contributed by atoms with Crippen molar-refractivity contribution in [1.82, 2.24) is 4.90 Å². The maximum absolute atomic E-state index is 14.3. The largest absolute Gasteiger partial charge is 0.496 e. The van der Waals surface area contributed by atoms with Crippen molar-refractivity contribution in [1.29, 1.82) is 0 Å². The molecule has 0 saturated heterocycles. The Balaban J connectivity index is 1.75. The van der Waals surface area contributed by atoms with Gasteiger partial charge in [-0.15, -0.1) is 6.58 Å². The molecule has 0 aromatic heterocycles. The normalized spacial score (nSPS) is 24.3. The number of amides is 1. The Morgan fingerprint density at radius 1 is 1.05 bits per heavy atom. The molecular weight excluding hydrogens is 728 g/mol. The number of carbonyl (C=O) groups excluding carboxylic acids is 2. The molecule has 2 N–H and O–H groups in total. The van der Waals surface area contributed by atoms with Gasteiger partial charge in [0.2, 0.25) is 5.79 Å². The molecule has 312 valence electrons. The van der Waals surface area contributed by atoms with Crippen LogP contribution in [0.15, 0.2) is 65.9 Å². The minimum absolute atomic E-state index is 0.0475. The van der Waals surface area contributed by atoms with Crippen LogP contribution in [0.3, 0.4) is 0 Å². The molecule has 6 unspecified atom stereocenters. The van der Waals surface area contributed by atoms with Crippen molar-refractivity contribution in [2.75, 3.05) is 47.2 Å². The van der Waals surface area contributed by atoms with Crippen molar-refractivity contribution in [3.63, 3.8) is 0 Å². The molecule has 3 aliphatic rings. The van der Waals surface area contributed by atoms with Crippen molar-refractivity contribution in [2.24, 2.45) is 28.3 Å². The summed E-state index contributed by atoms with van der Waals surface area (Å²) >= 11 is 0. The van der Waals surface area contributed by atoms with Gasteiger partial charge >= 0.3 is 6.09 Å². The number of aliphatic hydroxyl groups is 2. The molecule has 6 atom stereocenters. The number of aliphatic hydroxyl groups excluding tert-OH is 2. The van der Waals surface area contributed by atoms with Crippen LogP contribution >= 0.6 is 0 Å². The third-order valence-corrected chi connectivity index (χ3v) is 11.1. The molecule has 1 heterocycles. The SMILES string of the molecule is C=CCOC12Oc3ccc(Oc4ccc(OC)c(C=O)c4)cc3C3C(CCCCO)C(CCCCO)C=C(C(=NOC)CC1N(CCC)C(=O)OCC(C)(C)C)C32. The summed E-state index contributed by atoms with van der Waals surface area (Å²) in [5.74, 6) is 0.144. The van der Waals surface area contributed by atoms with Gasteiger partial charge < -0.3 is 38.7 Å². The topological polar surface area (TPSA) is 146 Å². The van der Waals surface area contributed by atoms with Crippen molar-refractivity contribution in [3.05, 3.63) is 71.8 Å². The third kappa shape index (κ3) is 9.84. The minimum Gasteiger partial charge on any atom is -0.496 e. The van der Waals surface area contributed by atoms with E-state index in [9.17, 15) is 19.8 Å². The number of aldehydes is 1. The van der Waals surface area contributed by atoms with E-state index in [-0.39, 0.29) is 56.0 Å². The molecule has 0 bridgehead atoms. The summed E-state index contributed by atoms with van der Waals surface area (Å²) in [5, 5.41) is 24.3. The fourth-order valence-corrected chi connectivity index (χ4v) is 8.80. The molecule has 2 aliphatic carbocycles. The number of allylic oxidation sites excluding steroid dienone is 1. The summed E-state index contributed by atoms with van der Waals surface area (Å²) in [6.07, 6.45) is 9.80. The Kier molecular flexibility index (Phi) is 15.2. The fourth-order valence-electron chi connectivity index (χ4n) is 8.80. The average Bonchev–Trinajstić information content (AvgIpc) is 3.20. The smallest absolute Gasteiger partial charge is 0.410 e. The number of fused-ring (bicyclic) bond motifs is 2. The summed E-state index contributed by atoms with van der Waals surface area (Å²) in [4.78, 5) is 33.4. The first kappa shape index (κ1) is 43.7. The van der Waals surface area contributed by atoms with E-state index in [0.29, 0.717) is 60.1 Å². The van der Waals surface area contributed by atoms with Gasteiger partial charge in [0.15, 0.2) is 6.29 Å². The molecule has 1 amide bonds. The van der Waals surface area contributed by atoms with Gasteiger partial charge in [0, 0.05) is 37.7 Å². The molecule has 0 radical (unpaired) electrons. The Morgan fingerprint density at radius 3 is 2.42 bits per heavy atom. The van der Waals surface area contributed by atoms with Crippen molar-refractivity contribution in [3.8, 4) is 23.0 Å². The molecule has 1 fully saturated rings. The Labute approximate surface area is 337 Å². The first-order valence-electron chi connectivity index (χ1n) is 20.3. The van der Waals surface area contributed by atoms with Gasteiger partial charge in [0.25, 0.3) is 0 Å². The van der Waals surface area contributed by atoms with E-state index in [1.807, 2.05) is 45.9 Å². The number of methoxy groups -OCH3 is 1. The van der Waals surface area contributed by atoms with Gasteiger partial charge in [-0.25, -0.2) is 4.79 Å². The van der Waals surface area contributed by atoms with Crippen molar-refractivity contribution in [2.45, 2.75) is 96.8 Å². The number of oxime groups is 1. The second-order valence-electron chi connectivity index (χ2n) is 16.4. The second-order valence-corrected chi connectivity index (χ2v) is 16.4. The van der Waals surface area contributed by atoms with Gasteiger partial charge in [-0.2, -0.15) is 0 Å². The minimum atomic E-state index is -1.39. The number of carbonyl (C=O) groups is 2. The lowest BCUT2D eigenvalue weighted by molar-refractivity contribution is -0.255. The summed E-state index contributed by atoms with van der Waals surface area (Å²) in [7, 11) is 3.04. The lowest BCUT2D eigenvalue weighted by Gasteiger charge is -2.60. The molecule has 0 spiro atoms. The highest BCUT2D eigenvalue weighted by molar-refractivity contribution is 6.03. The van der Waals surface area contributed by atoms with Crippen LogP contribution in [0.1, 0.15) is 101 Å². The quantitative estimate of drug-likeness (QED) is 0.0580. The lowest BCUT2D eigenvalue weighted by Crippen LogP contribution is -2.70. The van der Waals surface area contributed by atoms with E-state index in [0.717, 1.165) is 43.1 Å². The molecule has 1 aliphatic heterocycles. The molecule has 5 rings (SSSR count). The maximum Gasteiger partial charge on any atom is 0.410 e. The molecule has 2 aromatic rings. The van der Waals surface area contributed by atoms with Crippen molar-refractivity contribution >= 4 is 18.1 Å². The van der Waals surface area contributed by atoms with E-state index >= 15 is 0 Å². The van der Waals surface area contributed by atoms with Crippen LogP contribution in [0.5, 0.6) is 23.0 Å². The Hall–Kier alpha value is -4.39. The number of unbranched alkanes of at least 4 members (excludes halogenated alkanes) is 2. The molecular formula is C45H62N2O10. The number of nitrogens with zero attached hydrogens (tertiary/aromatic N) is 2. The Bertz CT molecular complexity index is 1750. The number of hydrogen-bond acceptors (Lipinski definition) is 11. The predicted octanol–water partition coefficient (Wildman–Crippen LogP) is 8.46. The van der Waals surface area contributed by atoms with Gasteiger partial charge in [-0.05, 0) is 91.3 Å². The highest BCUT2D eigenvalue weighted by atomic mass is 16.7. The molecule has 12 heteroatoms. The van der Waals surface area contributed by atoms with Gasteiger partial charge in [-0.3, -0.25) is 9.69 Å². The van der Waals surface area contributed by atoms with E-state index in [2.05, 4.69) is 17.8 Å². The zero-order chi connectivity index (χ0) is 41.2. The van der Waals surface area contributed by atoms with Gasteiger partial charge in [-0.1, -0.05) is 57.8 Å². The number of hydrogen-bond donors (Lipinski definition) is 2. The highest BCUT2D eigenvalue weighted by Gasteiger charge is 2.65. The van der Waals surface area contributed by atoms with Crippen LogP contribution in [0, 0.1) is 23.2 Å². The highest BCUT2D eigenvalue weighted by Crippen LogP contribution is 2.62. The first-order chi connectivity index (χ1) is 27.5. The molecule has 2 aromatic carbocycles. The number of benzene rings is 2. The average molecular weight is 791 g/mol. The van der Waals surface area contributed by atoms with Crippen molar-refractivity contribution < 1.29 is 48.3 Å². The lowest BCUT2D eigenvalue weighted by atomic mass is 9.55. The second kappa shape index (κ2) is 19.8. The van der Waals surface area contributed by atoms with Crippen LogP contribution in [0.25, 0.3) is 0 Å². The van der Waals surface area contributed by atoms with Crippen LogP contribution in [-0.2, 0) is 14.3 Å². The summed E-state index contributed by atoms with van der Waals surface area (Å²) in [6, 6.07) is 10.2. The zero-order valence-electron chi connectivity index (χ0n) is 34.5. The summed E-state index contributed by atoms with van der Waals surface area (Å²) in [5.41, 5.74) is 2.68. The summed E-state index contributed by atoms with van der Waals surface area (Å²) < 4.78 is 32.0. The molecule has 57 heavy (non-hydrogen) atoms. The number of rotatable bonds is 20. The zero-order valence-corrected chi connectivity index (χ0v) is 34.5. The van der Waals surface area contributed by atoms with E-state index in [1.54, 1.807) is 29.2 Å². The fraction of sp³-hybridized carbons (Fsp3) is 0.578. The monoisotopic (exact) mass is 790 g/mol. The van der Waals surface area contributed by atoms with Crippen LogP contribution in [0.2, 0.25) is 0 Å². The van der Waals surface area contributed by atoms with Gasteiger partial charge in [0.05, 0.1) is 37.5 Å². The van der Waals surface area contributed by atoms with Crippen LogP contribution in [-0.4, -0.2) is 92.2 Å². The van der Waals surface area contributed by atoms with Gasteiger partial charge in [0.1, 0.15) is 36.1 Å². The molecule has 1 saturated carbocycles. The predicted molar refractivity (Wildman–Crippen MR) is 218 cm³/mol.